The Labute approximate surface area is 108 Å². The zero-order valence-corrected chi connectivity index (χ0v) is 11.3. The van der Waals surface area contributed by atoms with Crippen molar-refractivity contribution in [3.05, 3.63) is 17.6 Å². The summed E-state index contributed by atoms with van der Waals surface area (Å²) in [6.45, 7) is 4.84. The Hall–Kier alpha value is -0.830. The van der Waals surface area contributed by atoms with Crippen molar-refractivity contribution < 1.29 is 0 Å². The first-order valence-electron chi connectivity index (χ1n) is 6.26. The van der Waals surface area contributed by atoms with Crippen LogP contribution in [0.25, 0.3) is 0 Å². The highest BCUT2D eigenvalue weighted by Crippen LogP contribution is 2.39. The average molecular weight is 254 g/mol. The lowest BCUT2D eigenvalue weighted by molar-refractivity contribution is 0.368. The van der Waals surface area contributed by atoms with E-state index >= 15 is 0 Å². The van der Waals surface area contributed by atoms with Crippen LogP contribution in [0.2, 0.25) is 0 Å². The lowest BCUT2D eigenvalue weighted by Gasteiger charge is -2.26. The van der Waals surface area contributed by atoms with Gasteiger partial charge in [0.1, 0.15) is 11.6 Å². The molecule has 94 valence electrons. The third kappa shape index (κ3) is 3.09. The number of alkyl halides is 1. The largest absolute Gasteiger partial charge is 0.369 e. The fourth-order valence-corrected chi connectivity index (χ4v) is 2.93. The van der Waals surface area contributed by atoms with Crippen LogP contribution in [0.3, 0.4) is 0 Å². The Balaban J connectivity index is 2.01. The summed E-state index contributed by atoms with van der Waals surface area (Å²) in [6.07, 6.45) is 5.06. The molecule has 0 aromatic carbocycles. The molecular formula is C13H20ClN3. The van der Waals surface area contributed by atoms with Gasteiger partial charge in [-0.2, -0.15) is 0 Å². The van der Waals surface area contributed by atoms with E-state index in [9.17, 15) is 0 Å². The maximum Gasteiger partial charge on any atom is 0.129 e. The number of nitrogens with zero attached hydrogens (tertiary/aromatic N) is 2. The minimum atomic E-state index is 0.272. The zero-order chi connectivity index (χ0) is 12.3. The first kappa shape index (κ1) is 12.6. The molecule has 0 unspecified atom stereocenters. The van der Waals surface area contributed by atoms with E-state index in [-0.39, 0.29) is 5.41 Å². The van der Waals surface area contributed by atoms with Crippen LogP contribution >= 0.6 is 11.6 Å². The van der Waals surface area contributed by atoms with Gasteiger partial charge in [-0.15, -0.1) is 11.6 Å². The molecule has 0 aliphatic heterocycles. The monoisotopic (exact) mass is 253 g/mol. The van der Waals surface area contributed by atoms with Crippen molar-refractivity contribution >= 4 is 17.4 Å². The van der Waals surface area contributed by atoms with Gasteiger partial charge in [0.15, 0.2) is 0 Å². The fraction of sp³-hybridized carbons (Fsp3) is 0.692. The van der Waals surface area contributed by atoms with E-state index < -0.39 is 0 Å². The topological polar surface area (TPSA) is 37.8 Å². The van der Waals surface area contributed by atoms with Gasteiger partial charge in [-0.3, -0.25) is 0 Å². The van der Waals surface area contributed by atoms with Crippen molar-refractivity contribution in [2.45, 2.75) is 39.5 Å². The molecule has 3 nitrogen and oxygen atoms in total. The second-order valence-electron chi connectivity index (χ2n) is 5.14. The lowest BCUT2D eigenvalue weighted by Crippen LogP contribution is -2.28. The highest BCUT2D eigenvalue weighted by molar-refractivity contribution is 6.18. The summed E-state index contributed by atoms with van der Waals surface area (Å²) in [6, 6.07) is 1.99. The van der Waals surface area contributed by atoms with Crippen LogP contribution < -0.4 is 5.32 Å². The van der Waals surface area contributed by atoms with Gasteiger partial charge in [-0.05, 0) is 26.7 Å². The SMILES string of the molecule is Cc1cc(NCC2(CCl)CCCC2)nc(C)n1. The van der Waals surface area contributed by atoms with E-state index in [1.54, 1.807) is 0 Å². The Morgan fingerprint density at radius 3 is 2.59 bits per heavy atom. The lowest BCUT2D eigenvalue weighted by atomic mass is 9.88. The molecule has 1 N–H and O–H groups in total. The quantitative estimate of drug-likeness (QED) is 0.837. The van der Waals surface area contributed by atoms with Gasteiger partial charge in [0.25, 0.3) is 0 Å². The van der Waals surface area contributed by atoms with Crippen LogP contribution in [0.15, 0.2) is 6.07 Å². The molecule has 1 saturated carbocycles. The van der Waals surface area contributed by atoms with Crippen LogP contribution in [0, 0.1) is 19.3 Å². The molecule has 1 aromatic rings. The van der Waals surface area contributed by atoms with Gasteiger partial charge in [0.2, 0.25) is 0 Å². The second kappa shape index (κ2) is 5.21. The number of hydrogen-bond acceptors (Lipinski definition) is 3. The van der Waals surface area contributed by atoms with E-state index in [0.29, 0.717) is 0 Å². The minimum Gasteiger partial charge on any atom is -0.369 e. The summed E-state index contributed by atoms with van der Waals surface area (Å²) in [5, 5.41) is 3.42. The van der Waals surface area contributed by atoms with Crippen LogP contribution in [-0.2, 0) is 0 Å². The molecule has 0 saturated heterocycles. The van der Waals surface area contributed by atoms with E-state index in [4.69, 9.17) is 11.6 Å². The summed E-state index contributed by atoms with van der Waals surface area (Å²) in [7, 11) is 0. The molecule has 2 rings (SSSR count). The molecule has 0 bridgehead atoms. The van der Waals surface area contributed by atoms with Gasteiger partial charge in [-0.25, -0.2) is 9.97 Å². The van der Waals surface area contributed by atoms with Crippen molar-refractivity contribution in [3.8, 4) is 0 Å². The molecule has 17 heavy (non-hydrogen) atoms. The molecule has 0 atom stereocenters. The second-order valence-corrected chi connectivity index (χ2v) is 5.40. The van der Waals surface area contributed by atoms with Crippen LogP contribution in [-0.4, -0.2) is 22.4 Å². The van der Waals surface area contributed by atoms with Crippen LogP contribution in [0.5, 0.6) is 0 Å². The number of hydrogen-bond donors (Lipinski definition) is 1. The first-order chi connectivity index (χ1) is 8.13. The van der Waals surface area contributed by atoms with Gasteiger partial charge < -0.3 is 5.32 Å². The highest BCUT2D eigenvalue weighted by Gasteiger charge is 2.32. The van der Waals surface area contributed by atoms with E-state index in [2.05, 4.69) is 15.3 Å². The van der Waals surface area contributed by atoms with Crippen LogP contribution in [0.4, 0.5) is 5.82 Å². The van der Waals surface area contributed by atoms with Crippen molar-refractivity contribution in [1.29, 1.82) is 0 Å². The molecule has 1 aliphatic carbocycles. The molecule has 1 heterocycles. The van der Waals surface area contributed by atoms with Gasteiger partial charge in [-0.1, -0.05) is 12.8 Å². The number of aromatic nitrogens is 2. The maximum absolute atomic E-state index is 6.12. The molecule has 4 heteroatoms. The predicted molar refractivity (Wildman–Crippen MR) is 71.6 cm³/mol. The Morgan fingerprint density at radius 1 is 1.29 bits per heavy atom. The van der Waals surface area contributed by atoms with Crippen molar-refractivity contribution in [1.82, 2.24) is 9.97 Å². The number of halogens is 1. The average Bonchev–Trinajstić information content (AvgIpc) is 2.74. The summed E-state index contributed by atoms with van der Waals surface area (Å²) in [4.78, 5) is 8.67. The number of nitrogens with one attached hydrogen (secondary N) is 1. The van der Waals surface area contributed by atoms with Crippen molar-refractivity contribution in [2.24, 2.45) is 5.41 Å². The standard InChI is InChI=1S/C13H20ClN3/c1-10-7-12(17-11(2)16-10)15-9-13(8-14)5-3-4-6-13/h7H,3-6,8-9H2,1-2H3,(H,15,16,17). The van der Waals surface area contributed by atoms with Crippen molar-refractivity contribution in [2.75, 3.05) is 17.7 Å². The molecule has 0 radical (unpaired) electrons. The summed E-state index contributed by atoms with van der Waals surface area (Å²) in [5.74, 6) is 2.48. The van der Waals surface area contributed by atoms with Gasteiger partial charge in [0, 0.05) is 29.6 Å². The Kier molecular flexibility index (Phi) is 3.87. The Morgan fingerprint density at radius 2 is 2.00 bits per heavy atom. The molecule has 0 spiro atoms. The molecule has 1 aliphatic rings. The molecule has 1 fully saturated rings. The third-order valence-corrected chi connectivity index (χ3v) is 4.13. The number of anilines is 1. The normalized spacial score (nSPS) is 18.3. The minimum absolute atomic E-state index is 0.272. The van der Waals surface area contributed by atoms with E-state index in [1.807, 2.05) is 19.9 Å². The summed E-state index contributed by atoms with van der Waals surface area (Å²) >= 11 is 6.12. The van der Waals surface area contributed by atoms with E-state index in [1.165, 1.54) is 25.7 Å². The first-order valence-corrected chi connectivity index (χ1v) is 6.79. The molecule has 1 aromatic heterocycles. The van der Waals surface area contributed by atoms with E-state index in [0.717, 1.165) is 29.8 Å². The van der Waals surface area contributed by atoms with Gasteiger partial charge >= 0.3 is 0 Å². The number of aryl methyl sites for hydroxylation is 2. The molecule has 0 amide bonds. The zero-order valence-electron chi connectivity index (χ0n) is 10.6. The van der Waals surface area contributed by atoms with Crippen molar-refractivity contribution in [3.63, 3.8) is 0 Å². The predicted octanol–water partition coefficient (Wildman–Crippen LogP) is 3.30. The summed E-state index contributed by atoms with van der Waals surface area (Å²) < 4.78 is 0. The van der Waals surface area contributed by atoms with Gasteiger partial charge in [0.05, 0.1) is 0 Å². The Bertz CT molecular complexity index is 366. The highest BCUT2D eigenvalue weighted by atomic mass is 35.5. The fourth-order valence-electron chi connectivity index (χ4n) is 2.57. The third-order valence-electron chi connectivity index (χ3n) is 3.56. The van der Waals surface area contributed by atoms with Crippen LogP contribution in [0.1, 0.15) is 37.2 Å². The smallest absolute Gasteiger partial charge is 0.129 e. The maximum atomic E-state index is 6.12. The summed E-state index contributed by atoms with van der Waals surface area (Å²) in [5.41, 5.74) is 1.28. The number of rotatable bonds is 4. The molecular weight excluding hydrogens is 234 g/mol.